The second-order valence-corrected chi connectivity index (χ2v) is 7.35. The van der Waals surface area contributed by atoms with Gasteiger partial charge in [0.05, 0.1) is 32.3 Å². The molecule has 0 spiro atoms. The molecule has 0 unspecified atom stereocenters. The van der Waals surface area contributed by atoms with Gasteiger partial charge in [-0.05, 0) is 18.6 Å². The zero-order valence-electron chi connectivity index (χ0n) is 16.3. The van der Waals surface area contributed by atoms with Gasteiger partial charge in [-0.25, -0.2) is 8.78 Å². The van der Waals surface area contributed by atoms with Crippen LogP contribution in [-0.2, 0) is 18.9 Å². The summed E-state index contributed by atoms with van der Waals surface area (Å²) in [4.78, 5) is 0. The average Bonchev–Trinajstić information content (AvgIpc) is 2.71. The number of halogens is 4. The number of hydrogen-bond acceptors (Lipinski definition) is 5. The van der Waals surface area contributed by atoms with Crippen LogP contribution in [0, 0.1) is 23.5 Å². The van der Waals surface area contributed by atoms with E-state index in [2.05, 4.69) is 11.7 Å². The predicted octanol–water partition coefficient (Wildman–Crippen LogP) is 4.80. The van der Waals surface area contributed by atoms with E-state index in [-0.39, 0.29) is 24.7 Å². The first-order valence-electron chi connectivity index (χ1n) is 9.88. The number of rotatable bonds is 8. The molecule has 0 saturated carbocycles. The summed E-state index contributed by atoms with van der Waals surface area (Å²) in [6.45, 7) is 0.513. The summed E-state index contributed by atoms with van der Waals surface area (Å²) in [5, 5.41) is 0. The zero-order valence-corrected chi connectivity index (χ0v) is 16.3. The van der Waals surface area contributed by atoms with Crippen LogP contribution in [0.4, 0.5) is 17.6 Å². The monoisotopic (exact) mass is 422 g/mol. The first-order valence-corrected chi connectivity index (χ1v) is 9.88. The first kappa shape index (κ1) is 22.3. The molecule has 2 heterocycles. The van der Waals surface area contributed by atoms with Crippen LogP contribution in [0.15, 0.2) is 12.1 Å². The van der Waals surface area contributed by atoms with E-state index >= 15 is 0 Å². The van der Waals surface area contributed by atoms with E-state index in [0.717, 1.165) is 25.0 Å². The van der Waals surface area contributed by atoms with Crippen LogP contribution in [0.5, 0.6) is 5.75 Å². The SMILES string of the molecule is CCCCC[C@H]1CO[C@H]([C@H]2CO[C@H](c3cc(F)c(OC(F)F)c(F)c3)OC2)OC1. The highest BCUT2D eigenvalue weighted by atomic mass is 19.3. The third kappa shape index (κ3) is 6.04. The molecule has 0 aromatic heterocycles. The Kier molecular flexibility index (Phi) is 8.11. The van der Waals surface area contributed by atoms with Crippen LogP contribution < -0.4 is 4.74 Å². The Labute approximate surface area is 167 Å². The largest absolute Gasteiger partial charge is 0.429 e. The average molecular weight is 422 g/mol. The summed E-state index contributed by atoms with van der Waals surface area (Å²) in [5.74, 6) is -3.41. The molecule has 0 bridgehead atoms. The lowest BCUT2D eigenvalue weighted by Gasteiger charge is -2.37. The van der Waals surface area contributed by atoms with Gasteiger partial charge in [0.15, 0.2) is 30.0 Å². The van der Waals surface area contributed by atoms with Crippen molar-refractivity contribution in [2.75, 3.05) is 26.4 Å². The molecule has 0 radical (unpaired) electrons. The van der Waals surface area contributed by atoms with Crippen molar-refractivity contribution in [3.63, 3.8) is 0 Å². The highest BCUT2D eigenvalue weighted by Crippen LogP contribution is 2.33. The summed E-state index contributed by atoms with van der Waals surface area (Å²) in [6, 6.07) is 1.72. The van der Waals surface area contributed by atoms with Gasteiger partial charge in [-0.3, -0.25) is 0 Å². The Hall–Kier alpha value is -1.42. The molecule has 1 aromatic rings. The minimum atomic E-state index is -3.32. The first-order chi connectivity index (χ1) is 14.0. The lowest BCUT2D eigenvalue weighted by molar-refractivity contribution is -0.283. The second kappa shape index (κ2) is 10.6. The number of unbranched alkanes of at least 4 members (excludes halogenated alkanes) is 2. The number of ether oxygens (including phenoxy) is 5. The number of alkyl halides is 2. The molecular formula is C20H26F4O5. The fourth-order valence-electron chi connectivity index (χ4n) is 3.46. The molecule has 9 heteroatoms. The fraction of sp³-hybridized carbons (Fsp3) is 0.700. The highest BCUT2D eigenvalue weighted by Gasteiger charge is 2.34. The van der Waals surface area contributed by atoms with Crippen LogP contribution in [0.3, 0.4) is 0 Å². The third-order valence-electron chi connectivity index (χ3n) is 5.02. The Balaban J connectivity index is 1.48. The second-order valence-electron chi connectivity index (χ2n) is 7.35. The summed E-state index contributed by atoms with van der Waals surface area (Å²) in [7, 11) is 0. The Morgan fingerprint density at radius 3 is 2.14 bits per heavy atom. The molecule has 1 aromatic carbocycles. The van der Waals surface area contributed by atoms with Crippen LogP contribution in [0.2, 0.25) is 0 Å². The smallest absolute Gasteiger partial charge is 0.387 e. The zero-order chi connectivity index (χ0) is 20.8. The van der Waals surface area contributed by atoms with Gasteiger partial charge in [0, 0.05) is 11.5 Å². The quantitative estimate of drug-likeness (QED) is 0.445. The van der Waals surface area contributed by atoms with Crippen LogP contribution in [0.1, 0.15) is 44.5 Å². The lowest BCUT2D eigenvalue weighted by Crippen LogP contribution is -2.43. The molecule has 2 saturated heterocycles. The molecule has 2 aliphatic rings. The van der Waals surface area contributed by atoms with Gasteiger partial charge in [-0.15, -0.1) is 0 Å². The third-order valence-corrected chi connectivity index (χ3v) is 5.02. The standard InChI is InChI=1S/C20H26F4O5/c1-2-3-4-5-12-8-25-19(26-9-12)14-10-27-18(28-11-14)13-6-15(21)17(16(22)7-13)29-20(23)24/h6-7,12,14,18-20H,2-5,8-11H2,1H3/t12-,14-,18-,19-. The van der Waals surface area contributed by atoms with Crippen molar-refractivity contribution in [2.45, 2.75) is 51.8 Å². The molecule has 5 nitrogen and oxygen atoms in total. The normalized spacial score (nSPS) is 27.9. The van der Waals surface area contributed by atoms with Crippen molar-refractivity contribution in [1.82, 2.24) is 0 Å². The molecule has 0 amide bonds. The molecule has 0 atom stereocenters. The van der Waals surface area contributed by atoms with Gasteiger partial charge >= 0.3 is 6.61 Å². The molecule has 0 aliphatic carbocycles. The Morgan fingerprint density at radius 2 is 1.59 bits per heavy atom. The minimum Gasteiger partial charge on any atom is -0.429 e. The maximum absolute atomic E-state index is 13.9. The van der Waals surface area contributed by atoms with Crippen molar-refractivity contribution in [3.8, 4) is 5.75 Å². The molecule has 2 fully saturated rings. The van der Waals surface area contributed by atoms with Crippen LogP contribution >= 0.6 is 0 Å². The lowest BCUT2D eigenvalue weighted by atomic mass is 10.0. The highest BCUT2D eigenvalue weighted by molar-refractivity contribution is 5.32. The van der Waals surface area contributed by atoms with Crippen molar-refractivity contribution in [3.05, 3.63) is 29.3 Å². The maximum Gasteiger partial charge on any atom is 0.387 e. The van der Waals surface area contributed by atoms with Gasteiger partial charge < -0.3 is 23.7 Å². The Bertz CT molecular complexity index is 621. The number of hydrogen-bond donors (Lipinski definition) is 0. The summed E-state index contributed by atoms with van der Waals surface area (Å²) in [6.07, 6.45) is 3.13. The molecular weight excluding hydrogens is 396 g/mol. The van der Waals surface area contributed by atoms with Crippen molar-refractivity contribution < 1.29 is 41.2 Å². The van der Waals surface area contributed by atoms with E-state index in [9.17, 15) is 17.6 Å². The Morgan fingerprint density at radius 1 is 0.966 bits per heavy atom. The fourth-order valence-corrected chi connectivity index (χ4v) is 3.46. The minimum absolute atomic E-state index is 0.0431. The van der Waals surface area contributed by atoms with Crippen LogP contribution in [0.25, 0.3) is 0 Å². The summed E-state index contributed by atoms with van der Waals surface area (Å²) >= 11 is 0. The molecule has 0 N–H and O–H groups in total. The van der Waals surface area contributed by atoms with E-state index in [0.29, 0.717) is 19.1 Å². The predicted molar refractivity (Wildman–Crippen MR) is 94.4 cm³/mol. The van der Waals surface area contributed by atoms with Crippen molar-refractivity contribution in [1.29, 1.82) is 0 Å². The van der Waals surface area contributed by atoms with E-state index in [1.807, 2.05) is 0 Å². The molecule has 164 valence electrons. The van der Waals surface area contributed by atoms with E-state index in [1.54, 1.807) is 0 Å². The van der Waals surface area contributed by atoms with Gasteiger partial charge in [0.1, 0.15) is 0 Å². The van der Waals surface area contributed by atoms with Gasteiger partial charge in [-0.2, -0.15) is 8.78 Å². The van der Waals surface area contributed by atoms with Crippen LogP contribution in [-0.4, -0.2) is 39.3 Å². The van der Waals surface area contributed by atoms with E-state index in [4.69, 9.17) is 18.9 Å². The molecule has 2 aliphatic heterocycles. The van der Waals surface area contributed by atoms with Crippen molar-refractivity contribution >= 4 is 0 Å². The van der Waals surface area contributed by atoms with Gasteiger partial charge in [0.25, 0.3) is 0 Å². The maximum atomic E-state index is 13.9. The molecule has 3 rings (SSSR count). The van der Waals surface area contributed by atoms with E-state index < -0.39 is 36.6 Å². The van der Waals surface area contributed by atoms with Gasteiger partial charge in [-0.1, -0.05) is 26.2 Å². The topological polar surface area (TPSA) is 46.2 Å². The van der Waals surface area contributed by atoms with E-state index in [1.165, 1.54) is 12.8 Å². The number of benzene rings is 1. The summed E-state index contributed by atoms with van der Waals surface area (Å²) < 4.78 is 78.8. The van der Waals surface area contributed by atoms with Gasteiger partial charge in [0.2, 0.25) is 0 Å². The summed E-state index contributed by atoms with van der Waals surface area (Å²) in [5.41, 5.74) is 0.0431. The van der Waals surface area contributed by atoms with Crippen molar-refractivity contribution in [2.24, 2.45) is 11.8 Å². The molecule has 29 heavy (non-hydrogen) atoms.